The number of nitrogens with two attached hydrogens (primary N) is 1. The highest BCUT2D eigenvalue weighted by atomic mass is 16.1. The number of carbonyl (C=O) groups is 1. The van der Waals surface area contributed by atoms with Gasteiger partial charge in [0.1, 0.15) is 5.82 Å². The Morgan fingerprint density at radius 2 is 2.11 bits per heavy atom. The molecule has 0 aliphatic carbocycles. The Hall–Kier alpha value is -2.93. The van der Waals surface area contributed by atoms with Crippen molar-refractivity contribution in [2.45, 2.75) is 12.8 Å². The molecule has 0 unspecified atom stereocenters. The van der Waals surface area contributed by atoms with Crippen molar-refractivity contribution in [2.75, 3.05) is 31.5 Å². The van der Waals surface area contributed by atoms with E-state index < -0.39 is 0 Å². The number of fused-ring (bicyclic) bond motifs is 1. The predicted octanol–water partition coefficient (Wildman–Crippen LogP) is 2.01. The van der Waals surface area contributed by atoms with E-state index in [1.54, 1.807) is 6.20 Å². The Labute approximate surface area is 158 Å². The second-order valence-corrected chi connectivity index (χ2v) is 6.96. The van der Waals surface area contributed by atoms with Gasteiger partial charge in [0.15, 0.2) is 5.65 Å². The topological polar surface area (TPSA) is 88.5 Å². The van der Waals surface area contributed by atoms with Crippen molar-refractivity contribution >= 4 is 17.4 Å². The lowest BCUT2D eigenvalue weighted by Gasteiger charge is -2.31. The maximum Gasteiger partial charge on any atom is 0.221 e. The summed E-state index contributed by atoms with van der Waals surface area (Å²) in [6.07, 6.45) is 3.67. The molecular formula is C20H24N6O. The number of primary amides is 1. The van der Waals surface area contributed by atoms with Gasteiger partial charge in [0.05, 0.1) is 17.8 Å². The lowest BCUT2D eigenvalue weighted by Crippen LogP contribution is -2.42. The van der Waals surface area contributed by atoms with Crippen molar-refractivity contribution < 1.29 is 4.79 Å². The number of hydrogen-bond donors (Lipinski definition) is 2. The monoisotopic (exact) mass is 364 g/mol. The van der Waals surface area contributed by atoms with Crippen LogP contribution in [0.1, 0.15) is 12.8 Å². The smallest absolute Gasteiger partial charge is 0.221 e. The first-order chi connectivity index (χ1) is 13.2. The molecule has 1 saturated heterocycles. The van der Waals surface area contributed by atoms with Gasteiger partial charge in [0, 0.05) is 37.3 Å². The van der Waals surface area contributed by atoms with E-state index in [1.165, 1.54) is 0 Å². The molecule has 0 bridgehead atoms. The van der Waals surface area contributed by atoms with Crippen LogP contribution in [0.5, 0.6) is 0 Å². The standard InChI is InChI=1S/C20H24N6O/c21-20(27)16-7-4-11-25(14-16)12-10-22-19-13-17(15-5-2-1-3-6-15)24-18-8-9-23-26(18)19/h1-3,5-6,8-9,13,16,22H,4,7,10-12,14H2,(H2,21,27)/t16-/m0/s1. The lowest BCUT2D eigenvalue weighted by molar-refractivity contribution is -0.123. The number of carbonyl (C=O) groups excluding carboxylic acids is 1. The van der Waals surface area contributed by atoms with E-state index in [9.17, 15) is 4.79 Å². The van der Waals surface area contributed by atoms with Crippen LogP contribution >= 0.6 is 0 Å². The summed E-state index contributed by atoms with van der Waals surface area (Å²) in [7, 11) is 0. The average molecular weight is 364 g/mol. The zero-order chi connectivity index (χ0) is 18.6. The molecule has 2 aromatic heterocycles. The van der Waals surface area contributed by atoms with E-state index in [-0.39, 0.29) is 11.8 Å². The molecule has 1 amide bonds. The van der Waals surface area contributed by atoms with Crippen molar-refractivity contribution in [1.29, 1.82) is 0 Å². The molecule has 7 nitrogen and oxygen atoms in total. The normalized spacial score (nSPS) is 17.9. The number of hydrogen-bond acceptors (Lipinski definition) is 5. The van der Waals surface area contributed by atoms with Gasteiger partial charge >= 0.3 is 0 Å². The van der Waals surface area contributed by atoms with E-state index in [0.29, 0.717) is 0 Å². The van der Waals surface area contributed by atoms with Crippen molar-refractivity contribution in [3.8, 4) is 11.3 Å². The van der Waals surface area contributed by atoms with Gasteiger partial charge < -0.3 is 16.0 Å². The zero-order valence-electron chi connectivity index (χ0n) is 15.2. The van der Waals surface area contributed by atoms with E-state index >= 15 is 0 Å². The second kappa shape index (κ2) is 7.75. The Morgan fingerprint density at radius 1 is 1.26 bits per heavy atom. The molecule has 4 rings (SSSR count). The third-order valence-corrected chi connectivity index (χ3v) is 5.07. The second-order valence-electron chi connectivity index (χ2n) is 6.96. The maximum absolute atomic E-state index is 11.4. The fraction of sp³-hybridized carbons (Fsp3) is 0.350. The molecule has 140 valence electrons. The number of amides is 1. The van der Waals surface area contributed by atoms with E-state index in [1.807, 2.05) is 34.8 Å². The molecule has 7 heteroatoms. The van der Waals surface area contributed by atoms with Gasteiger partial charge in [0.25, 0.3) is 0 Å². The van der Waals surface area contributed by atoms with E-state index in [2.05, 4.69) is 27.4 Å². The zero-order valence-corrected chi connectivity index (χ0v) is 15.2. The molecule has 3 N–H and O–H groups in total. The molecule has 3 aromatic rings. The van der Waals surface area contributed by atoms with Gasteiger partial charge in [-0.3, -0.25) is 4.79 Å². The van der Waals surface area contributed by atoms with E-state index in [0.717, 1.165) is 61.7 Å². The van der Waals surface area contributed by atoms with Gasteiger partial charge in [-0.2, -0.15) is 9.61 Å². The third-order valence-electron chi connectivity index (χ3n) is 5.07. The third kappa shape index (κ3) is 3.93. The van der Waals surface area contributed by atoms with Crippen molar-refractivity contribution in [3.63, 3.8) is 0 Å². The summed E-state index contributed by atoms with van der Waals surface area (Å²) in [5, 5.41) is 7.85. The van der Waals surface area contributed by atoms with E-state index in [4.69, 9.17) is 10.7 Å². The van der Waals surface area contributed by atoms with Crippen LogP contribution in [-0.2, 0) is 4.79 Å². The van der Waals surface area contributed by atoms with Crippen LogP contribution in [-0.4, -0.2) is 51.6 Å². The highest BCUT2D eigenvalue weighted by molar-refractivity contribution is 5.77. The predicted molar refractivity (Wildman–Crippen MR) is 105 cm³/mol. The number of benzene rings is 1. The average Bonchev–Trinajstić information content (AvgIpc) is 3.18. The Morgan fingerprint density at radius 3 is 2.93 bits per heavy atom. The minimum atomic E-state index is -0.187. The van der Waals surface area contributed by atoms with Crippen molar-refractivity contribution in [1.82, 2.24) is 19.5 Å². The van der Waals surface area contributed by atoms with Crippen LogP contribution in [0.4, 0.5) is 5.82 Å². The van der Waals surface area contributed by atoms with Crippen molar-refractivity contribution in [3.05, 3.63) is 48.7 Å². The molecule has 1 aromatic carbocycles. The molecule has 27 heavy (non-hydrogen) atoms. The Bertz CT molecular complexity index is 923. The number of nitrogens with zero attached hydrogens (tertiary/aromatic N) is 4. The number of rotatable bonds is 6. The van der Waals surface area contributed by atoms with Gasteiger partial charge in [0.2, 0.25) is 5.91 Å². The Kier molecular flexibility index (Phi) is 5.02. The van der Waals surface area contributed by atoms with Crippen LogP contribution in [0, 0.1) is 5.92 Å². The molecule has 1 aliphatic heterocycles. The van der Waals surface area contributed by atoms with Crippen LogP contribution in [0.3, 0.4) is 0 Å². The first-order valence-electron chi connectivity index (χ1n) is 9.36. The van der Waals surface area contributed by atoms with Gasteiger partial charge in [-0.15, -0.1) is 0 Å². The fourth-order valence-corrected chi connectivity index (χ4v) is 3.63. The van der Waals surface area contributed by atoms with Crippen LogP contribution in [0.15, 0.2) is 48.7 Å². The first kappa shape index (κ1) is 17.5. The van der Waals surface area contributed by atoms with Crippen LogP contribution in [0.2, 0.25) is 0 Å². The minimum Gasteiger partial charge on any atom is -0.369 e. The summed E-state index contributed by atoms with van der Waals surface area (Å²) < 4.78 is 1.81. The largest absolute Gasteiger partial charge is 0.369 e. The molecule has 0 saturated carbocycles. The van der Waals surface area contributed by atoms with Crippen LogP contribution < -0.4 is 11.1 Å². The summed E-state index contributed by atoms with van der Waals surface area (Å²) in [4.78, 5) is 18.4. The minimum absolute atomic E-state index is 0.0258. The molecule has 1 fully saturated rings. The molecule has 0 spiro atoms. The summed E-state index contributed by atoms with van der Waals surface area (Å²) in [6.45, 7) is 3.38. The summed E-state index contributed by atoms with van der Waals surface area (Å²) in [5.74, 6) is 0.696. The maximum atomic E-state index is 11.4. The summed E-state index contributed by atoms with van der Waals surface area (Å²) >= 11 is 0. The summed E-state index contributed by atoms with van der Waals surface area (Å²) in [5.41, 5.74) is 8.27. The quantitative estimate of drug-likeness (QED) is 0.698. The summed E-state index contributed by atoms with van der Waals surface area (Å²) in [6, 6.07) is 14.1. The fourth-order valence-electron chi connectivity index (χ4n) is 3.63. The SMILES string of the molecule is NC(=O)[C@H]1CCCN(CCNc2cc(-c3ccccc3)nc3ccnn23)C1. The molecular weight excluding hydrogens is 340 g/mol. The number of piperidine rings is 1. The highest BCUT2D eigenvalue weighted by Gasteiger charge is 2.23. The molecule has 0 radical (unpaired) electrons. The molecule has 3 heterocycles. The lowest BCUT2D eigenvalue weighted by atomic mass is 9.97. The van der Waals surface area contributed by atoms with Crippen molar-refractivity contribution in [2.24, 2.45) is 11.7 Å². The molecule has 1 aliphatic rings. The number of nitrogens with one attached hydrogen (secondary N) is 1. The number of likely N-dealkylation sites (tertiary alicyclic amines) is 1. The number of aromatic nitrogens is 3. The van der Waals surface area contributed by atoms with Gasteiger partial charge in [-0.25, -0.2) is 4.98 Å². The Balaban J connectivity index is 1.47. The number of anilines is 1. The first-order valence-corrected chi connectivity index (χ1v) is 9.36. The van der Waals surface area contributed by atoms with Crippen LogP contribution in [0.25, 0.3) is 16.9 Å². The highest BCUT2D eigenvalue weighted by Crippen LogP contribution is 2.22. The molecule has 1 atom stereocenters. The van der Waals surface area contributed by atoms with Gasteiger partial charge in [-0.05, 0) is 19.4 Å². The van der Waals surface area contributed by atoms with Gasteiger partial charge in [-0.1, -0.05) is 30.3 Å².